The Morgan fingerprint density at radius 1 is 1.37 bits per heavy atom. The molecule has 1 unspecified atom stereocenters. The number of nitrogens with one attached hydrogen (secondary N) is 1. The zero-order chi connectivity index (χ0) is 14.0. The smallest absolute Gasteiger partial charge is 0.273 e. The van der Waals surface area contributed by atoms with Crippen molar-refractivity contribution in [3.05, 3.63) is 34.9 Å². The average molecular weight is 267 g/mol. The molecule has 3 heteroatoms. The van der Waals surface area contributed by atoms with E-state index in [1.165, 1.54) is 0 Å². The van der Waals surface area contributed by atoms with E-state index in [0.717, 1.165) is 25.1 Å². The Hall–Kier alpha value is -0.960. The van der Waals surface area contributed by atoms with E-state index in [2.05, 4.69) is 5.32 Å². The molecule has 0 amide bonds. The van der Waals surface area contributed by atoms with Crippen LogP contribution in [0.5, 0.6) is 0 Å². The third-order valence-corrected chi connectivity index (χ3v) is 4.03. The molecule has 1 heterocycles. The third-order valence-electron chi connectivity index (χ3n) is 4.03. The van der Waals surface area contributed by atoms with Gasteiger partial charge in [-0.25, -0.2) is 8.78 Å². The second kappa shape index (κ2) is 5.58. The Morgan fingerprint density at radius 3 is 2.68 bits per heavy atom. The molecule has 0 aliphatic carbocycles. The van der Waals surface area contributed by atoms with Gasteiger partial charge in [0.05, 0.1) is 0 Å². The molecule has 1 atom stereocenters. The molecule has 1 aromatic carbocycles. The van der Waals surface area contributed by atoms with Gasteiger partial charge in [-0.15, -0.1) is 0 Å². The zero-order valence-electron chi connectivity index (χ0n) is 12.0. The van der Waals surface area contributed by atoms with Crippen molar-refractivity contribution in [1.82, 2.24) is 5.32 Å². The summed E-state index contributed by atoms with van der Waals surface area (Å²) in [5.41, 5.74) is 1.90. The van der Waals surface area contributed by atoms with Gasteiger partial charge in [-0.1, -0.05) is 26.0 Å². The molecule has 0 spiro atoms. The highest BCUT2D eigenvalue weighted by Crippen LogP contribution is 2.39. The van der Waals surface area contributed by atoms with E-state index in [-0.39, 0.29) is 23.8 Å². The van der Waals surface area contributed by atoms with Gasteiger partial charge in [0.15, 0.2) is 0 Å². The van der Waals surface area contributed by atoms with Crippen molar-refractivity contribution in [3.8, 4) is 0 Å². The van der Waals surface area contributed by atoms with Crippen LogP contribution in [0.1, 0.15) is 49.3 Å². The summed E-state index contributed by atoms with van der Waals surface area (Å²) in [5, 5.41) is 3.16. The van der Waals surface area contributed by atoms with Gasteiger partial charge in [-0.3, -0.25) is 0 Å². The van der Waals surface area contributed by atoms with Gasteiger partial charge < -0.3 is 5.32 Å². The lowest BCUT2D eigenvalue weighted by Gasteiger charge is -2.23. The number of aryl methyl sites for hydroxylation is 1. The van der Waals surface area contributed by atoms with Gasteiger partial charge in [0.25, 0.3) is 5.92 Å². The lowest BCUT2D eigenvalue weighted by atomic mass is 9.90. The SMILES string of the molecule is Cc1ccc(C(C)C)cc1C(F)(F)CC1CCNC1. The van der Waals surface area contributed by atoms with E-state index in [0.29, 0.717) is 5.56 Å². The van der Waals surface area contributed by atoms with Gasteiger partial charge in [-0.05, 0) is 55.5 Å². The number of benzene rings is 1. The number of rotatable bonds is 4. The van der Waals surface area contributed by atoms with Gasteiger partial charge in [0.2, 0.25) is 0 Å². The van der Waals surface area contributed by atoms with Gasteiger partial charge in [0.1, 0.15) is 0 Å². The predicted molar refractivity (Wildman–Crippen MR) is 74.8 cm³/mol. The first-order valence-corrected chi connectivity index (χ1v) is 7.09. The number of halogens is 2. The van der Waals surface area contributed by atoms with Crippen LogP contribution in [-0.4, -0.2) is 13.1 Å². The van der Waals surface area contributed by atoms with Crippen LogP contribution >= 0.6 is 0 Å². The first-order valence-electron chi connectivity index (χ1n) is 7.09. The largest absolute Gasteiger partial charge is 0.316 e. The molecular weight excluding hydrogens is 244 g/mol. The highest BCUT2D eigenvalue weighted by Gasteiger charge is 2.37. The highest BCUT2D eigenvalue weighted by molar-refractivity contribution is 5.35. The second-order valence-corrected chi connectivity index (χ2v) is 6.00. The summed E-state index contributed by atoms with van der Waals surface area (Å²) in [6, 6.07) is 5.48. The maximum Gasteiger partial charge on any atom is 0.273 e. The summed E-state index contributed by atoms with van der Waals surface area (Å²) in [4.78, 5) is 0. The van der Waals surface area contributed by atoms with E-state index in [1.54, 1.807) is 13.0 Å². The lowest BCUT2D eigenvalue weighted by molar-refractivity contribution is -0.0274. The Morgan fingerprint density at radius 2 is 2.11 bits per heavy atom. The second-order valence-electron chi connectivity index (χ2n) is 6.00. The monoisotopic (exact) mass is 267 g/mol. The molecule has 106 valence electrons. The van der Waals surface area contributed by atoms with Crippen molar-refractivity contribution in [2.45, 2.75) is 45.5 Å². The number of alkyl halides is 2. The first kappa shape index (κ1) is 14.4. The third kappa shape index (κ3) is 3.33. The first-order chi connectivity index (χ1) is 8.90. The molecule has 0 aromatic heterocycles. The standard InChI is InChI=1S/C16H23F2N/c1-11(2)14-5-4-12(3)15(8-14)16(17,18)9-13-6-7-19-10-13/h4-5,8,11,13,19H,6-7,9-10H2,1-3H3. The molecule has 1 fully saturated rings. The summed E-state index contributed by atoms with van der Waals surface area (Å²) in [7, 11) is 0. The van der Waals surface area contributed by atoms with Crippen molar-refractivity contribution in [2.75, 3.05) is 13.1 Å². The number of hydrogen-bond donors (Lipinski definition) is 1. The summed E-state index contributed by atoms with van der Waals surface area (Å²) >= 11 is 0. The van der Waals surface area contributed by atoms with Gasteiger partial charge >= 0.3 is 0 Å². The Bertz CT molecular complexity index is 434. The van der Waals surface area contributed by atoms with E-state index in [9.17, 15) is 8.78 Å². The molecule has 1 N–H and O–H groups in total. The summed E-state index contributed by atoms with van der Waals surface area (Å²) < 4.78 is 29.0. The van der Waals surface area contributed by atoms with E-state index < -0.39 is 5.92 Å². The Labute approximate surface area is 114 Å². The van der Waals surface area contributed by atoms with Crippen LogP contribution in [0.15, 0.2) is 18.2 Å². The van der Waals surface area contributed by atoms with Crippen LogP contribution in [0, 0.1) is 12.8 Å². The van der Waals surface area contributed by atoms with Crippen molar-refractivity contribution in [1.29, 1.82) is 0 Å². The minimum absolute atomic E-state index is 0.0393. The quantitative estimate of drug-likeness (QED) is 0.861. The fourth-order valence-corrected chi connectivity index (χ4v) is 2.75. The fourth-order valence-electron chi connectivity index (χ4n) is 2.75. The molecule has 1 aliphatic rings. The Balaban J connectivity index is 2.24. The average Bonchev–Trinajstić information content (AvgIpc) is 2.81. The molecule has 0 saturated carbocycles. The van der Waals surface area contributed by atoms with E-state index >= 15 is 0 Å². The van der Waals surface area contributed by atoms with Gasteiger partial charge in [0, 0.05) is 12.0 Å². The predicted octanol–water partition coefficient (Wildman–Crippen LogP) is 4.21. The topological polar surface area (TPSA) is 12.0 Å². The summed E-state index contributed by atoms with van der Waals surface area (Å²) in [6.45, 7) is 7.44. The molecule has 1 aliphatic heterocycles. The Kier molecular flexibility index (Phi) is 4.24. The molecule has 1 nitrogen and oxygen atoms in total. The molecule has 1 aromatic rings. The van der Waals surface area contributed by atoms with Crippen LogP contribution in [0.4, 0.5) is 8.78 Å². The van der Waals surface area contributed by atoms with Crippen molar-refractivity contribution in [3.63, 3.8) is 0 Å². The van der Waals surface area contributed by atoms with Crippen LogP contribution in [0.25, 0.3) is 0 Å². The molecule has 0 bridgehead atoms. The van der Waals surface area contributed by atoms with Crippen molar-refractivity contribution >= 4 is 0 Å². The lowest BCUT2D eigenvalue weighted by Crippen LogP contribution is -2.21. The molecular formula is C16H23F2N. The summed E-state index contributed by atoms with van der Waals surface area (Å²) in [6.07, 6.45) is 0.820. The molecule has 0 radical (unpaired) electrons. The van der Waals surface area contributed by atoms with Crippen molar-refractivity contribution in [2.24, 2.45) is 5.92 Å². The number of hydrogen-bond acceptors (Lipinski definition) is 1. The zero-order valence-corrected chi connectivity index (χ0v) is 12.0. The van der Waals surface area contributed by atoms with Crippen molar-refractivity contribution < 1.29 is 8.78 Å². The summed E-state index contributed by atoms with van der Waals surface area (Å²) in [5.74, 6) is -2.34. The van der Waals surface area contributed by atoms with Crippen LogP contribution in [0.3, 0.4) is 0 Å². The molecule has 19 heavy (non-hydrogen) atoms. The highest BCUT2D eigenvalue weighted by atomic mass is 19.3. The molecule has 1 saturated heterocycles. The minimum atomic E-state index is -2.72. The maximum atomic E-state index is 14.5. The normalized spacial score (nSPS) is 20.2. The van der Waals surface area contributed by atoms with Crippen LogP contribution in [0.2, 0.25) is 0 Å². The maximum absolute atomic E-state index is 14.5. The van der Waals surface area contributed by atoms with Gasteiger partial charge in [-0.2, -0.15) is 0 Å². The fraction of sp³-hybridized carbons (Fsp3) is 0.625. The van der Waals surface area contributed by atoms with E-state index in [1.807, 2.05) is 26.0 Å². The van der Waals surface area contributed by atoms with Crippen LogP contribution < -0.4 is 5.32 Å². The molecule has 2 rings (SSSR count). The minimum Gasteiger partial charge on any atom is -0.316 e. The van der Waals surface area contributed by atoms with E-state index in [4.69, 9.17) is 0 Å². The van der Waals surface area contributed by atoms with Crippen LogP contribution in [-0.2, 0) is 5.92 Å².